The van der Waals surface area contributed by atoms with E-state index in [0.717, 1.165) is 25.7 Å². The number of hydrogen-bond donors (Lipinski definition) is 1. The normalized spacial score (nSPS) is 15.6. The van der Waals surface area contributed by atoms with Gasteiger partial charge < -0.3 is 5.32 Å². The highest BCUT2D eigenvalue weighted by Crippen LogP contribution is 2.28. The van der Waals surface area contributed by atoms with Gasteiger partial charge in [0.25, 0.3) is 0 Å². The van der Waals surface area contributed by atoms with Crippen molar-refractivity contribution >= 4 is 0 Å². The van der Waals surface area contributed by atoms with Crippen molar-refractivity contribution in [2.75, 3.05) is 6.54 Å². The van der Waals surface area contributed by atoms with Crippen LogP contribution in [0.25, 0.3) is 0 Å². The number of rotatable bonds is 7. The number of benzene rings is 1. The van der Waals surface area contributed by atoms with Gasteiger partial charge in [-0.1, -0.05) is 30.3 Å². The first kappa shape index (κ1) is 15.3. The molecule has 0 aromatic heterocycles. The highest BCUT2D eigenvalue weighted by atomic mass is 15.2. The van der Waals surface area contributed by atoms with E-state index >= 15 is 0 Å². The van der Waals surface area contributed by atoms with Crippen molar-refractivity contribution in [1.29, 1.82) is 0 Å². The molecule has 1 saturated carbocycles. The second-order valence-electron chi connectivity index (χ2n) is 6.87. The first-order chi connectivity index (χ1) is 9.48. The minimum Gasteiger partial charge on any atom is -0.308 e. The van der Waals surface area contributed by atoms with Gasteiger partial charge >= 0.3 is 0 Å². The molecule has 1 aliphatic carbocycles. The molecule has 0 radical (unpaired) electrons. The molecular weight excluding hydrogens is 244 g/mol. The minimum absolute atomic E-state index is 0.166. The summed E-state index contributed by atoms with van der Waals surface area (Å²) >= 11 is 0. The van der Waals surface area contributed by atoms with Gasteiger partial charge in [-0.15, -0.1) is 6.58 Å². The third-order valence-corrected chi connectivity index (χ3v) is 3.63. The predicted molar refractivity (Wildman–Crippen MR) is 86.7 cm³/mol. The summed E-state index contributed by atoms with van der Waals surface area (Å²) in [6, 6.07) is 9.73. The zero-order valence-electron chi connectivity index (χ0n) is 13.2. The van der Waals surface area contributed by atoms with E-state index in [1.807, 2.05) is 6.08 Å². The molecule has 1 fully saturated rings. The summed E-state index contributed by atoms with van der Waals surface area (Å²) in [4.78, 5) is 2.53. The van der Waals surface area contributed by atoms with Crippen molar-refractivity contribution in [3.8, 4) is 0 Å². The van der Waals surface area contributed by atoms with E-state index in [-0.39, 0.29) is 5.54 Å². The van der Waals surface area contributed by atoms with E-state index in [1.165, 1.54) is 24.0 Å². The van der Waals surface area contributed by atoms with Crippen LogP contribution in [-0.2, 0) is 13.1 Å². The number of hydrogen-bond acceptors (Lipinski definition) is 2. The molecule has 0 amide bonds. The van der Waals surface area contributed by atoms with E-state index < -0.39 is 0 Å². The van der Waals surface area contributed by atoms with Gasteiger partial charge in [-0.2, -0.15) is 0 Å². The van der Waals surface area contributed by atoms with Crippen LogP contribution < -0.4 is 5.32 Å². The molecule has 0 saturated heterocycles. The van der Waals surface area contributed by atoms with Gasteiger partial charge in [-0.05, 0) is 44.7 Å². The Morgan fingerprint density at radius 1 is 1.30 bits per heavy atom. The van der Waals surface area contributed by atoms with Crippen LogP contribution in [0.1, 0.15) is 44.7 Å². The van der Waals surface area contributed by atoms with E-state index in [9.17, 15) is 0 Å². The van der Waals surface area contributed by atoms with Gasteiger partial charge in [-0.25, -0.2) is 0 Å². The molecule has 1 aromatic rings. The molecule has 1 aliphatic rings. The highest BCUT2D eigenvalue weighted by molar-refractivity contribution is 5.24. The van der Waals surface area contributed by atoms with Crippen molar-refractivity contribution in [2.24, 2.45) is 0 Å². The lowest BCUT2D eigenvalue weighted by atomic mass is 10.1. The number of nitrogens with one attached hydrogen (secondary N) is 1. The SMILES string of the molecule is C=CCN(Cc1cccc(CNC(C)(C)C)c1)C1CC1. The molecule has 0 spiro atoms. The number of nitrogens with zero attached hydrogens (tertiary/aromatic N) is 1. The van der Waals surface area contributed by atoms with E-state index in [4.69, 9.17) is 0 Å². The molecule has 0 heterocycles. The molecule has 0 bridgehead atoms. The van der Waals surface area contributed by atoms with Gasteiger partial charge in [0.2, 0.25) is 0 Å². The Balaban J connectivity index is 1.96. The summed E-state index contributed by atoms with van der Waals surface area (Å²) < 4.78 is 0. The maximum absolute atomic E-state index is 3.87. The van der Waals surface area contributed by atoms with Crippen molar-refractivity contribution in [3.05, 3.63) is 48.0 Å². The largest absolute Gasteiger partial charge is 0.308 e. The first-order valence-corrected chi connectivity index (χ1v) is 7.66. The standard InChI is InChI=1S/C18H28N2/c1-5-11-20(17-9-10-17)14-16-8-6-7-15(12-16)13-19-18(2,3)4/h5-8,12,17,19H,1,9-11,13-14H2,2-4H3. The molecule has 0 aliphatic heterocycles. The van der Waals surface area contributed by atoms with Crippen LogP contribution >= 0.6 is 0 Å². The Kier molecular flexibility index (Phi) is 5.00. The predicted octanol–water partition coefficient (Wildman–Crippen LogP) is 3.73. The molecule has 20 heavy (non-hydrogen) atoms. The van der Waals surface area contributed by atoms with Crippen LogP contribution in [-0.4, -0.2) is 23.0 Å². The molecule has 1 aromatic carbocycles. The average Bonchev–Trinajstić information content (AvgIpc) is 3.20. The van der Waals surface area contributed by atoms with Crippen LogP contribution in [0.2, 0.25) is 0 Å². The molecule has 1 N–H and O–H groups in total. The lowest BCUT2D eigenvalue weighted by Crippen LogP contribution is -2.35. The van der Waals surface area contributed by atoms with Gasteiger partial charge in [0.1, 0.15) is 0 Å². The molecular formula is C18H28N2. The molecule has 2 heteroatoms. The maximum atomic E-state index is 3.87. The summed E-state index contributed by atoms with van der Waals surface area (Å²) in [6.07, 6.45) is 4.71. The monoisotopic (exact) mass is 272 g/mol. The van der Waals surface area contributed by atoms with E-state index in [1.54, 1.807) is 0 Å². The fourth-order valence-electron chi connectivity index (χ4n) is 2.39. The molecule has 2 nitrogen and oxygen atoms in total. The van der Waals surface area contributed by atoms with Gasteiger partial charge in [0.15, 0.2) is 0 Å². The van der Waals surface area contributed by atoms with Crippen LogP contribution in [0.3, 0.4) is 0 Å². The third-order valence-electron chi connectivity index (χ3n) is 3.63. The minimum atomic E-state index is 0.166. The molecule has 0 unspecified atom stereocenters. The lowest BCUT2D eigenvalue weighted by molar-refractivity contribution is 0.284. The summed E-state index contributed by atoms with van der Waals surface area (Å²) in [5.74, 6) is 0. The van der Waals surface area contributed by atoms with Crippen molar-refractivity contribution in [1.82, 2.24) is 10.2 Å². The van der Waals surface area contributed by atoms with Crippen LogP contribution in [0.4, 0.5) is 0 Å². The van der Waals surface area contributed by atoms with Crippen LogP contribution in [0.15, 0.2) is 36.9 Å². The van der Waals surface area contributed by atoms with E-state index in [0.29, 0.717) is 0 Å². The van der Waals surface area contributed by atoms with E-state index in [2.05, 4.69) is 61.8 Å². The Morgan fingerprint density at radius 2 is 2.00 bits per heavy atom. The lowest BCUT2D eigenvalue weighted by Gasteiger charge is -2.22. The topological polar surface area (TPSA) is 15.3 Å². The first-order valence-electron chi connectivity index (χ1n) is 7.66. The Morgan fingerprint density at radius 3 is 2.60 bits per heavy atom. The van der Waals surface area contributed by atoms with Crippen LogP contribution in [0, 0.1) is 0 Å². The summed E-state index contributed by atoms with van der Waals surface area (Å²) in [6.45, 7) is 13.5. The van der Waals surface area contributed by atoms with Crippen molar-refractivity contribution < 1.29 is 0 Å². The maximum Gasteiger partial charge on any atom is 0.0240 e. The second kappa shape index (κ2) is 6.55. The average molecular weight is 272 g/mol. The van der Waals surface area contributed by atoms with Crippen LogP contribution in [0.5, 0.6) is 0 Å². The fourth-order valence-corrected chi connectivity index (χ4v) is 2.39. The summed E-state index contributed by atoms with van der Waals surface area (Å²) in [5.41, 5.74) is 2.94. The smallest absolute Gasteiger partial charge is 0.0240 e. The zero-order chi connectivity index (χ0) is 14.6. The quantitative estimate of drug-likeness (QED) is 0.761. The fraction of sp³-hybridized carbons (Fsp3) is 0.556. The zero-order valence-corrected chi connectivity index (χ0v) is 13.2. The highest BCUT2D eigenvalue weighted by Gasteiger charge is 2.27. The second-order valence-corrected chi connectivity index (χ2v) is 6.87. The van der Waals surface area contributed by atoms with Gasteiger partial charge in [-0.3, -0.25) is 4.90 Å². The van der Waals surface area contributed by atoms with Gasteiger partial charge in [0, 0.05) is 31.2 Å². The molecule has 0 atom stereocenters. The van der Waals surface area contributed by atoms with Crippen molar-refractivity contribution in [3.63, 3.8) is 0 Å². The Labute approximate surface area is 123 Å². The molecule has 110 valence electrons. The third kappa shape index (κ3) is 5.10. The van der Waals surface area contributed by atoms with Crippen molar-refractivity contribution in [2.45, 2.75) is 58.3 Å². The Hall–Kier alpha value is -1.12. The Bertz CT molecular complexity index is 441. The summed E-state index contributed by atoms with van der Waals surface area (Å²) in [5, 5.41) is 3.55. The van der Waals surface area contributed by atoms with Gasteiger partial charge in [0.05, 0.1) is 0 Å². The molecule has 2 rings (SSSR count). The summed E-state index contributed by atoms with van der Waals surface area (Å²) in [7, 11) is 0.